The van der Waals surface area contributed by atoms with Gasteiger partial charge in [0.1, 0.15) is 11.4 Å². The predicted octanol–water partition coefficient (Wildman–Crippen LogP) is 4.02. The summed E-state index contributed by atoms with van der Waals surface area (Å²) in [4.78, 5) is 25.2. The van der Waals surface area contributed by atoms with Crippen molar-refractivity contribution in [2.75, 3.05) is 0 Å². The van der Waals surface area contributed by atoms with Gasteiger partial charge in [0.25, 0.3) is 0 Å². The van der Waals surface area contributed by atoms with E-state index in [0.717, 1.165) is 50.1 Å². The fourth-order valence-electron chi connectivity index (χ4n) is 3.61. The zero-order valence-electron chi connectivity index (χ0n) is 15.6. The summed E-state index contributed by atoms with van der Waals surface area (Å²) >= 11 is 0. The lowest BCUT2D eigenvalue weighted by atomic mass is 10.1. The Hall–Kier alpha value is -4.46. The molecule has 8 heteroatoms. The lowest BCUT2D eigenvalue weighted by Crippen LogP contribution is -1.88. The molecule has 0 aliphatic carbocycles. The number of aromatic nitrogens is 8. The van der Waals surface area contributed by atoms with Crippen molar-refractivity contribution in [1.82, 2.24) is 40.1 Å². The smallest absolute Gasteiger partial charge is 0.116 e. The molecule has 0 aliphatic heterocycles. The molecule has 142 valence electrons. The summed E-state index contributed by atoms with van der Waals surface area (Å²) in [6, 6.07) is 9.92. The molecule has 6 aromatic heterocycles. The highest BCUT2D eigenvalue weighted by molar-refractivity contribution is 6.00. The Bertz CT molecular complexity index is 1490. The molecule has 0 aromatic carbocycles. The molecule has 0 atom stereocenters. The van der Waals surface area contributed by atoms with Crippen molar-refractivity contribution in [3.8, 4) is 34.0 Å². The highest BCUT2D eigenvalue weighted by atomic mass is 15.1. The normalized spacial score (nSPS) is 11.3. The lowest BCUT2D eigenvalue weighted by molar-refractivity contribution is 1.11. The third-order valence-electron chi connectivity index (χ3n) is 5.01. The van der Waals surface area contributed by atoms with Crippen molar-refractivity contribution in [3.05, 3.63) is 73.7 Å². The number of rotatable bonds is 3. The molecule has 0 saturated heterocycles. The highest BCUT2D eigenvalue weighted by Gasteiger charge is 2.15. The molecule has 6 heterocycles. The molecular weight excluding hydrogens is 376 g/mol. The molecule has 30 heavy (non-hydrogen) atoms. The molecule has 8 nitrogen and oxygen atoms in total. The lowest BCUT2D eigenvalue weighted by Gasteiger charge is -2.00. The summed E-state index contributed by atoms with van der Waals surface area (Å²) in [5.41, 5.74) is 6.84. The molecule has 2 N–H and O–H groups in total. The standard InChI is InChI=1S/C22H14N8/c1-2-13(10-23-4-1)21-14-9-18(28-16(14)3-5-26-21)22-15-8-17(20-11-24-6-7-25-20)27-12-19(15)29-30-22/h1-12,28H,(H,29,30). The first kappa shape index (κ1) is 16.5. The van der Waals surface area contributed by atoms with Crippen LogP contribution in [-0.4, -0.2) is 40.1 Å². The number of pyridine rings is 3. The summed E-state index contributed by atoms with van der Waals surface area (Å²) in [7, 11) is 0. The van der Waals surface area contributed by atoms with Crippen LogP contribution in [0.5, 0.6) is 0 Å². The van der Waals surface area contributed by atoms with Crippen molar-refractivity contribution >= 4 is 21.8 Å². The summed E-state index contributed by atoms with van der Waals surface area (Å²) in [5.74, 6) is 0. The Kier molecular flexibility index (Phi) is 3.60. The van der Waals surface area contributed by atoms with E-state index in [9.17, 15) is 0 Å². The summed E-state index contributed by atoms with van der Waals surface area (Å²) in [6.45, 7) is 0. The van der Waals surface area contributed by atoms with Gasteiger partial charge in [0.2, 0.25) is 0 Å². The van der Waals surface area contributed by atoms with Crippen LogP contribution in [-0.2, 0) is 0 Å². The quantitative estimate of drug-likeness (QED) is 0.472. The highest BCUT2D eigenvalue weighted by Crippen LogP contribution is 2.33. The fraction of sp³-hybridized carbons (Fsp3) is 0. The van der Waals surface area contributed by atoms with Gasteiger partial charge >= 0.3 is 0 Å². The van der Waals surface area contributed by atoms with E-state index < -0.39 is 0 Å². The number of nitrogens with one attached hydrogen (secondary N) is 2. The van der Waals surface area contributed by atoms with E-state index in [1.165, 1.54) is 0 Å². The second kappa shape index (κ2) is 6.56. The Morgan fingerprint density at radius 2 is 1.60 bits per heavy atom. The molecule has 0 amide bonds. The number of nitrogens with zero attached hydrogens (tertiary/aromatic N) is 6. The van der Waals surface area contributed by atoms with Crippen molar-refractivity contribution in [2.45, 2.75) is 0 Å². The average Bonchev–Trinajstić information content (AvgIpc) is 3.43. The van der Waals surface area contributed by atoms with E-state index in [2.05, 4.69) is 46.2 Å². The van der Waals surface area contributed by atoms with Crippen molar-refractivity contribution < 1.29 is 0 Å². The van der Waals surface area contributed by atoms with Crippen LogP contribution in [0, 0.1) is 0 Å². The van der Waals surface area contributed by atoms with E-state index >= 15 is 0 Å². The van der Waals surface area contributed by atoms with E-state index in [4.69, 9.17) is 0 Å². The molecule has 0 bridgehead atoms. The van der Waals surface area contributed by atoms with Gasteiger partial charge in [-0.05, 0) is 30.3 Å². The molecular formula is C22H14N8. The van der Waals surface area contributed by atoms with Crippen molar-refractivity contribution in [1.29, 1.82) is 0 Å². The monoisotopic (exact) mass is 390 g/mol. The third-order valence-corrected chi connectivity index (χ3v) is 5.01. The van der Waals surface area contributed by atoms with E-state index in [-0.39, 0.29) is 0 Å². The minimum absolute atomic E-state index is 0.714. The zero-order chi connectivity index (χ0) is 19.9. The van der Waals surface area contributed by atoms with Gasteiger partial charge in [-0.2, -0.15) is 5.10 Å². The van der Waals surface area contributed by atoms with Crippen molar-refractivity contribution in [2.24, 2.45) is 0 Å². The largest absolute Gasteiger partial charge is 0.353 e. The van der Waals surface area contributed by atoms with Crippen LogP contribution >= 0.6 is 0 Å². The van der Waals surface area contributed by atoms with Gasteiger partial charge in [-0.15, -0.1) is 0 Å². The van der Waals surface area contributed by atoms with Crippen LogP contribution in [0.3, 0.4) is 0 Å². The van der Waals surface area contributed by atoms with Crippen LogP contribution in [0.1, 0.15) is 0 Å². The Morgan fingerprint density at radius 3 is 2.47 bits per heavy atom. The van der Waals surface area contributed by atoms with Crippen LogP contribution in [0.15, 0.2) is 73.7 Å². The number of fused-ring (bicyclic) bond motifs is 2. The van der Waals surface area contributed by atoms with Gasteiger partial charge < -0.3 is 4.98 Å². The summed E-state index contributed by atoms with van der Waals surface area (Å²) < 4.78 is 0. The summed E-state index contributed by atoms with van der Waals surface area (Å²) in [6.07, 6.45) is 12.1. The number of aromatic amines is 2. The van der Waals surface area contributed by atoms with Crippen LogP contribution in [0.4, 0.5) is 0 Å². The molecule has 0 radical (unpaired) electrons. The second-order valence-corrected chi connectivity index (χ2v) is 6.82. The SMILES string of the molecule is c1cncc(-c2nccc3[nH]c(-c4n[nH]c5cnc(-c6cnccn6)cc45)cc23)c1. The Balaban J connectivity index is 1.52. The average molecular weight is 390 g/mol. The number of hydrogen-bond donors (Lipinski definition) is 2. The molecule has 0 saturated carbocycles. The van der Waals surface area contributed by atoms with Gasteiger partial charge in [-0.3, -0.25) is 30.0 Å². The van der Waals surface area contributed by atoms with Crippen molar-refractivity contribution in [3.63, 3.8) is 0 Å². The first-order valence-corrected chi connectivity index (χ1v) is 9.36. The van der Waals surface area contributed by atoms with Gasteiger partial charge in [0.15, 0.2) is 0 Å². The molecule has 6 aromatic rings. The fourth-order valence-corrected chi connectivity index (χ4v) is 3.61. The molecule has 0 unspecified atom stereocenters. The van der Waals surface area contributed by atoms with E-state index in [1.54, 1.807) is 37.2 Å². The first-order valence-electron chi connectivity index (χ1n) is 9.36. The molecule has 0 spiro atoms. The minimum Gasteiger partial charge on any atom is -0.353 e. The number of H-pyrrole nitrogens is 2. The van der Waals surface area contributed by atoms with Crippen LogP contribution in [0.2, 0.25) is 0 Å². The van der Waals surface area contributed by atoms with E-state index in [0.29, 0.717) is 5.69 Å². The number of hydrogen-bond acceptors (Lipinski definition) is 6. The summed E-state index contributed by atoms with van der Waals surface area (Å²) in [5, 5.41) is 9.56. The zero-order valence-corrected chi connectivity index (χ0v) is 15.6. The second-order valence-electron chi connectivity index (χ2n) is 6.82. The van der Waals surface area contributed by atoms with E-state index in [1.807, 2.05) is 30.5 Å². The molecule has 6 rings (SSSR count). The molecule has 0 fully saturated rings. The van der Waals surface area contributed by atoms with Gasteiger partial charge in [0.05, 0.1) is 35.0 Å². The topological polar surface area (TPSA) is 109 Å². The van der Waals surface area contributed by atoms with Crippen LogP contribution < -0.4 is 0 Å². The predicted molar refractivity (Wildman–Crippen MR) is 113 cm³/mol. The maximum Gasteiger partial charge on any atom is 0.116 e. The van der Waals surface area contributed by atoms with Gasteiger partial charge in [-0.1, -0.05) is 0 Å². The first-order chi connectivity index (χ1) is 14.9. The molecule has 0 aliphatic rings. The Labute approximate surface area is 170 Å². The van der Waals surface area contributed by atoms with Gasteiger partial charge in [0, 0.05) is 52.8 Å². The third kappa shape index (κ3) is 2.62. The van der Waals surface area contributed by atoms with Gasteiger partial charge in [-0.25, -0.2) is 0 Å². The minimum atomic E-state index is 0.714. The maximum absolute atomic E-state index is 4.57. The van der Waals surface area contributed by atoms with Crippen LogP contribution in [0.25, 0.3) is 55.8 Å². The maximum atomic E-state index is 4.57. The Morgan fingerprint density at radius 1 is 0.667 bits per heavy atom.